The molecule has 0 spiro atoms. The highest BCUT2D eigenvalue weighted by Crippen LogP contribution is 2.18. The van der Waals surface area contributed by atoms with Crippen molar-refractivity contribution in [3.05, 3.63) is 11.1 Å². The number of likely N-dealkylation sites (N-methyl/N-ethyl adjacent to an activating group) is 1. The van der Waals surface area contributed by atoms with Crippen molar-refractivity contribution in [2.24, 2.45) is 0 Å². The fourth-order valence-electron chi connectivity index (χ4n) is 1.75. The van der Waals surface area contributed by atoms with Crippen LogP contribution in [-0.2, 0) is 9.59 Å². The maximum absolute atomic E-state index is 12.1. The third-order valence-corrected chi connectivity index (χ3v) is 3.45. The summed E-state index contributed by atoms with van der Waals surface area (Å²) in [5.74, 6) is -0.591. The number of nitrogens with one attached hydrogen (secondary N) is 1. The summed E-state index contributed by atoms with van der Waals surface area (Å²) in [6, 6.07) is 0. The largest absolute Gasteiger partial charge is 0.324 e. The van der Waals surface area contributed by atoms with Crippen molar-refractivity contribution in [2.75, 3.05) is 25.1 Å². The van der Waals surface area contributed by atoms with Gasteiger partial charge in [-0.3, -0.25) is 14.4 Å². The Morgan fingerprint density at radius 2 is 2.26 bits per heavy atom. The molecule has 0 atom stereocenters. The highest BCUT2D eigenvalue weighted by molar-refractivity contribution is 7.14. The Hall–Kier alpha value is -1.96. The fourth-order valence-corrected chi connectivity index (χ4v) is 2.48. The van der Waals surface area contributed by atoms with Gasteiger partial charge in [0, 0.05) is 18.8 Å². The van der Waals surface area contributed by atoms with Gasteiger partial charge in [0.05, 0.1) is 6.67 Å². The predicted molar refractivity (Wildman–Crippen MR) is 69.7 cm³/mol. The van der Waals surface area contributed by atoms with Crippen LogP contribution in [-0.4, -0.2) is 52.3 Å². The molecule has 0 unspecified atom stereocenters. The van der Waals surface area contributed by atoms with Gasteiger partial charge in [0.25, 0.3) is 5.91 Å². The molecule has 0 saturated carbocycles. The van der Waals surface area contributed by atoms with Gasteiger partial charge in [-0.25, -0.2) is 4.98 Å². The lowest BCUT2D eigenvalue weighted by Gasteiger charge is -2.15. The van der Waals surface area contributed by atoms with Crippen molar-refractivity contribution in [1.29, 1.82) is 0 Å². The van der Waals surface area contributed by atoms with E-state index in [-0.39, 0.29) is 30.0 Å². The van der Waals surface area contributed by atoms with Crippen molar-refractivity contribution in [2.45, 2.75) is 13.8 Å². The molecule has 2 heterocycles. The number of aromatic nitrogens is 1. The quantitative estimate of drug-likeness (QED) is 0.868. The molecule has 8 heteroatoms. The molecule has 3 amide bonds. The Kier molecular flexibility index (Phi) is 3.79. The van der Waals surface area contributed by atoms with Crippen LogP contribution < -0.4 is 5.32 Å². The van der Waals surface area contributed by atoms with Crippen molar-refractivity contribution in [1.82, 2.24) is 14.8 Å². The first kappa shape index (κ1) is 13.5. The number of nitrogens with zero attached hydrogens (tertiary/aromatic N) is 3. The van der Waals surface area contributed by atoms with Gasteiger partial charge < -0.3 is 15.1 Å². The molecule has 19 heavy (non-hydrogen) atoms. The zero-order valence-corrected chi connectivity index (χ0v) is 11.5. The van der Waals surface area contributed by atoms with E-state index in [9.17, 15) is 14.4 Å². The van der Waals surface area contributed by atoms with Gasteiger partial charge in [0.2, 0.25) is 11.8 Å². The summed E-state index contributed by atoms with van der Waals surface area (Å²) < 4.78 is 0. The summed E-state index contributed by atoms with van der Waals surface area (Å²) >= 11 is 1.18. The molecule has 0 aromatic carbocycles. The second kappa shape index (κ2) is 5.35. The van der Waals surface area contributed by atoms with Gasteiger partial charge in [0.1, 0.15) is 12.2 Å². The van der Waals surface area contributed by atoms with E-state index in [1.54, 1.807) is 10.3 Å². The molecular formula is C11H14N4O3S. The van der Waals surface area contributed by atoms with Crippen LogP contribution in [0.4, 0.5) is 5.13 Å². The van der Waals surface area contributed by atoms with Gasteiger partial charge in [-0.15, -0.1) is 11.3 Å². The lowest BCUT2D eigenvalue weighted by Crippen LogP contribution is -2.31. The van der Waals surface area contributed by atoms with Crippen LogP contribution in [0.1, 0.15) is 24.3 Å². The Morgan fingerprint density at radius 1 is 1.53 bits per heavy atom. The SMILES string of the molecule is CCN1CN(C(=O)c2csc(NC(C)=O)n2)CC1=O. The smallest absolute Gasteiger partial charge is 0.275 e. The van der Waals surface area contributed by atoms with E-state index >= 15 is 0 Å². The molecule has 1 aromatic rings. The lowest BCUT2D eigenvalue weighted by molar-refractivity contribution is -0.126. The molecule has 1 saturated heterocycles. The van der Waals surface area contributed by atoms with Crippen molar-refractivity contribution in [3.63, 3.8) is 0 Å². The van der Waals surface area contributed by atoms with Crippen molar-refractivity contribution >= 4 is 34.2 Å². The minimum absolute atomic E-state index is 0.0619. The zero-order chi connectivity index (χ0) is 14.0. The van der Waals surface area contributed by atoms with E-state index in [0.29, 0.717) is 18.3 Å². The maximum Gasteiger partial charge on any atom is 0.275 e. The van der Waals surface area contributed by atoms with Gasteiger partial charge in [0.15, 0.2) is 5.13 Å². The van der Waals surface area contributed by atoms with E-state index in [0.717, 1.165) is 0 Å². The van der Waals surface area contributed by atoms with Gasteiger partial charge in [-0.2, -0.15) is 0 Å². The summed E-state index contributed by atoms with van der Waals surface area (Å²) in [5.41, 5.74) is 0.250. The van der Waals surface area contributed by atoms with Crippen LogP contribution in [0.2, 0.25) is 0 Å². The first-order chi connectivity index (χ1) is 9.01. The molecule has 1 aromatic heterocycles. The maximum atomic E-state index is 12.1. The average molecular weight is 282 g/mol. The molecule has 7 nitrogen and oxygen atoms in total. The topological polar surface area (TPSA) is 82.6 Å². The third-order valence-electron chi connectivity index (χ3n) is 2.70. The second-order valence-corrected chi connectivity index (χ2v) is 4.97. The molecule has 2 rings (SSSR count). The molecule has 1 fully saturated rings. The van der Waals surface area contributed by atoms with E-state index < -0.39 is 0 Å². The Bertz CT molecular complexity index is 528. The summed E-state index contributed by atoms with van der Waals surface area (Å²) in [5, 5.41) is 4.48. The number of thiazole rings is 1. The molecule has 1 aliphatic heterocycles. The number of amides is 3. The highest BCUT2D eigenvalue weighted by atomic mass is 32.1. The predicted octanol–water partition coefficient (Wildman–Crippen LogP) is 0.363. The van der Waals surface area contributed by atoms with Crippen LogP contribution in [0, 0.1) is 0 Å². The number of rotatable bonds is 3. The summed E-state index contributed by atoms with van der Waals surface area (Å²) in [6.45, 7) is 4.20. The average Bonchev–Trinajstić information content (AvgIpc) is 2.94. The minimum Gasteiger partial charge on any atom is -0.324 e. The Balaban J connectivity index is 2.06. The molecule has 0 radical (unpaired) electrons. The van der Waals surface area contributed by atoms with Crippen LogP contribution in [0.3, 0.4) is 0 Å². The van der Waals surface area contributed by atoms with E-state index in [1.165, 1.54) is 23.2 Å². The van der Waals surface area contributed by atoms with Gasteiger partial charge >= 0.3 is 0 Å². The molecule has 102 valence electrons. The van der Waals surface area contributed by atoms with Gasteiger partial charge in [-0.1, -0.05) is 0 Å². The summed E-state index contributed by atoms with van der Waals surface area (Å²) in [4.78, 5) is 41.6. The standard InChI is InChI=1S/C11H14N4O3S/c1-3-14-6-15(4-9(14)17)10(18)8-5-19-11(13-8)12-7(2)16/h5H,3-4,6H2,1-2H3,(H,12,13,16). The molecule has 0 aliphatic carbocycles. The lowest BCUT2D eigenvalue weighted by atomic mass is 10.4. The molecule has 1 N–H and O–H groups in total. The number of hydrogen-bond donors (Lipinski definition) is 1. The Morgan fingerprint density at radius 3 is 2.84 bits per heavy atom. The number of hydrogen-bond acceptors (Lipinski definition) is 5. The van der Waals surface area contributed by atoms with E-state index in [4.69, 9.17) is 0 Å². The second-order valence-electron chi connectivity index (χ2n) is 4.11. The Labute approximate surface area is 114 Å². The number of anilines is 1. The molecule has 1 aliphatic rings. The first-order valence-corrected chi connectivity index (χ1v) is 6.69. The van der Waals surface area contributed by atoms with Crippen LogP contribution >= 0.6 is 11.3 Å². The summed E-state index contributed by atoms with van der Waals surface area (Å²) in [6.07, 6.45) is 0. The molecule has 0 bridgehead atoms. The first-order valence-electron chi connectivity index (χ1n) is 5.81. The van der Waals surface area contributed by atoms with Crippen LogP contribution in [0.15, 0.2) is 5.38 Å². The molecular weight excluding hydrogens is 268 g/mol. The van der Waals surface area contributed by atoms with Gasteiger partial charge in [-0.05, 0) is 6.92 Å². The zero-order valence-electron chi connectivity index (χ0n) is 10.7. The minimum atomic E-state index is -0.294. The fraction of sp³-hybridized carbons (Fsp3) is 0.455. The van der Waals surface area contributed by atoms with Crippen molar-refractivity contribution in [3.8, 4) is 0 Å². The van der Waals surface area contributed by atoms with E-state index in [1.807, 2.05) is 6.92 Å². The highest BCUT2D eigenvalue weighted by Gasteiger charge is 2.31. The monoisotopic (exact) mass is 282 g/mol. The normalized spacial score (nSPS) is 14.9. The van der Waals surface area contributed by atoms with E-state index in [2.05, 4.69) is 10.3 Å². The van der Waals surface area contributed by atoms with Crippen LogP contribution in [0.25, 0.3) is 0 Å². The summed E-state index contributed by atoms with van der Waals surface area (Å²) in [7, 11) is 0. The number of carbonyl (C=O) groups is 3. The number of carbonyl (C=O) groups excluding carboxylic acids is 3. The van der Waals surface area contributed by atoms with Crippen LogP contribution in [0.5, 0.6) is 0 Å². The van der Waals surface area contributed by atoms with Crippen molar-refractivity contribution < 1.29 is 14.4 Å². The third kappa shape index (κ3) is 2.90.